The molecule has 0 bridgehead atoms. The lowest BCUT2D eigenvalue weighted by atomic mass is 10.1. The number of ether oxygens (including phenoxy) is 2. The van der Waals surface area contributed by atoms with Crippen LogP contribution >= 0.6 is 0 Å². The van der Waals surface area contributed by atoms with E-state index in [-0.39, 0.29) is 0 Å². The summed E-state index contributed by atoms with van der Waals surface area (Å²) in [7, 11) is 0. The van der Waals surface area contributed by atoms with Gasteiger partial charge in [0, 0.05) is 37.2 Å². The summed E-state index contributed by atoms with van der Waals surface area (Å²) in [4.78, 5) is 8.57. The first-order valence-electron chi connectivity index (χ1n) is 9.35. The third kappa shape index (κ3) is 5.23. The number of nitrogens with zero attached hydrogens (tertiary/aromatic N) is 3. The maximum absolute atomic E-state index is 5.71. The monoisotopic (exact) mass is 366 g/mol. The minimum atomic E-state index is 0.601. The van der Waals surface area contributed by atoms with E-state index in [0.29, 0.717) is 13.2 Å². The summed E-state index contributed by atoms with van der Waals surface area (Å²) in [6, 6.07) is 10.1. The fourth-order valence-corrected chi connectivity index (χ4v) is 2.80. The topological polar surface area (TPSA) is 61.2 Å². The Morgan fingerprint density at radius 2 is 1.81 bits per heavy atom. The molecular formula is C21H26N4O2. The van der Waals surface area contributed by atoms with E-state index < -0.39 is 0 Å². The van der Waals surface area contributed by atoms with Crippen molar-refractivity contribution in [3.8, 4) is 22.6 Å². The lowest BCUT2D eigenvalue weighted by Gasteiger charge is -2.13. The summed E-state index contributed by atoms with van der Waals surface area (Å²) in [5.74, 6) is 2.41. The van der Waals surface area contributed by atoms with Crippen molar-refractivity contribution in [1.29, 1.82) is 0 Å². The number of aromatic nitrogens is 3. The van der Waals surface area contributed by atoms with Crippen molar-refractivity contribution in [1.82, 2.24) is 14.5 Å². The number of pyridine rings is 1. The number of benzene rings is 1. The molecule has 2 heterocycles. The highest BCUT2D eigenvalue weighted by molar-refractivity contribution is 5.67. The van der Waals surface area contributed by atoms with E-state index in [1.165, 1.54) is 0 Å². The molecule has 0 saturated carbocycles. The Bertz CT molecular complexity index is 817. The average Bonchev–Trinajstić information content (AvgIpc) is 3.21. The first kappa shape index (κ1) is 18.8. The highest BCUT2D eigenvalue weighted by atomic mass is 16.5. The molecule has 0 unspecified atom stereocenters. The second kappa shape index (κ2) is 9.62. The van der Waals surface area contributed by atoms with Crippen LogP contribution in [0.15, 0.2) is 55.2 Å². The zero-order valence-corrected chi connectivity index (χ0v) is 15.9. The molecule has 0 spiro atoms. The molecule has 0 fully saturated rings. The summed E-state index contributed by atoms with van der Waals surface area (Å²) < 4.78 is 13.4. The Hall–Kier alpha value is -3.02. The highest BCUT2D eigenvalue weighted by Crippen LogP contribution is 2.32. The van der Waals surface area contributed by atoms with Crippen molar-refractivity contribution in [3.63, 3.8) is 0 Å². The number of hydrogen-bond acceptors (Lipinski definition) is 5. The SMILES string of the molecule is CCOc1ccc(-c2ccc(NCCCn3ccnc3)nc2)cc1OCC. The number of hydrogen-bond donors (Lipinski definition) is 1. The Morgan fingerprint density at radius 3 is 2.52 bits per heavy atom. The van der Waals surface area contributed by atoms with Gasteiger partial charge >= 0.3 is 0 Å². The van der Waals surface area contributed by atoms with Crippen LogP contribution in [0, 0.1) is 0 Å². The zero-order valence-electron chi connectivity index (χ0n) is 15.9. The molecule has 0 aliphatic rings. The van der Waals surface area contributed by atoms with Crippen molar-refractivity contribution in [2.45, 2.75) is 26.8 Å². The number of imidazole rings is 1. The average molecular weight is 366 g/mol. The third-order valence-corrected chi connectivity index (χ3v) is 4.10. The second-order valence-electron chi connectivity index (χ2n) is 6.04. The van der Waals surface area contributed by atoms with Gasteiger partial charge in [-0.25, -0.2) is 9.97 Å². The second-order valence-corrected chi connectivity index (χ2v) is 6.04. The lowest BCUT2D eigenvalue weighted by molar-refractivity contribution is 0.288. The van der Waals surface area contributed by atoms with E-state index in [4.69, 9.17) is 9.47 Å². The largest absolute Gasteiger partial charge is 0.490 e. The van der Waals surface area contributed by atoms with Crippen LogP contribution in [0.5, 0.6) is 11.5 Å². The maximum Gasteiger partial charge on any atom is 0.161 e. The molecule has 1 aromatic carbocycles. The van der Waals surface area contributed by atoms with Gasteiger partial charge in [0.25, 0.3) is 0 Å². The molecule has 6 nitrogen and oxygen atoms in total. The van der Waals surface area contributed by atoms with Crippen LogP contribution in [0.2, 0.25) is 0 Å². The van der Waals surface area contributed by atoms with Crippen molar-refractivity contribution >= 4 is 5.82 Å². The van der Waals surface area contributed by atoms with Crippen LogP contribution in [-0.2, 0) is 6.54 Å². The highest BCUT2D eigenvalue weighted by Gasteiger charge is 2.08. The van der Waals surface area contributed by atoms with Crippen LogP contribution in [0.3, 0.4) is 0 Å². The fraction of sp³-hybridized carbons (Fsp3) is 0.333. The van der Waals surface area contributed by atoms with E-state index in [9.17, 15) is 0 Å². The van der Waals surface area contributed by atoms with Crippen LogP contribution in [0.4, 0.5) is 5.82 Å². The van der Waals surface area contributed by atoms with E-state index in [0.717, 1.165) is 48.0 Å². The maximum atomic E-state index is 5.71. The number of anilines is 1. The zero-order chi connectivity index (χ0) is 18.9. The van der Waals surface area contributed by atoms with E-state index >= 15 is 0 Å². The molecule has 0 saturated heterocycles. The van der Waals surface area contributed by atoms with Crippen LogP contribution in [0.25, 0.3) is 11.1 Å². The van der Waals surface area contributed by atoms with Gasteiger partial charge in [0.15, 0.2) is 11.5 Å². The predicted octanol–water partition coefficient (Wildman–Crippen LogP) is 4.24. The van der Waals surface area contributed by atoms with Crippen LogP contribution in [-0.4, -0.2) is 34.3 Å². The number of nitrogens with one attached hydrogen (secondary N) is 1. The fourth-order valence-electron chi connectivity index (χ4n) is 2.80. The molecule has 0 radical (unpaired) electrons. The summed E-state index contributed by atoms with van der Waals surface area (Å²) in [5.41, 5.74) is 2.10. The molecule has 0 aliphatic carbocycles. The standard InChI is InChI=1S/C21H26N4O2/c1-3-26-19-8-6-17(14-20(19)27-4-2)18-7-9-21(24-15-18)23-10-5-12-25-13-11-22-16-25/h6-9,11,13-16H,3-5,10,12H2,1-2H3,(H,23,24). The Kier molecular flexibility index (Phi) is 6.68. The van der Waals surface area contributed by atoms with Crippen molar-refractivity contribution in [2.24, 2.45) is 0 Å². The predicted molar refractivity (Wildman–Crippen MR) is 107 cm³/mol. The molecule has 2 aromatic heterocycles. The van der Waals surface area contributed by atoms with Gasteiger partial charge < -0.3 is 19.4 Å². The van der Waals surface area contributed by atoms with Gasteiger partial charge in [-0.05, 0) is 50.1 Å². The summed E-state index contributed by atoms with van der Waals surface area (Å²) in [5, 5.41) is 3.35. The van der Waals surface area contributed by atoms with Gasteiger partial charge in [0.1, 0.15) is 5.82 Å². The molecule has 0 atom stereocenters. The first-order chi connectivity index (χ1) is 13.3. The van der Waals surface area contributed by atoms with Crippen molar-refractivity contribution in [2.75, 3.05) is 25.1 Å². The Labute approximate surface area is 160 Å². The van der Waals surface area contributed by atoms with Gasteiger partial charge in [-0.15, -0.1) is 0 Å². The minimum absolute atomic E-state index is 0.601. The van der Waals surface area contributed by atoms with E-state index in [1.54, 1.807) is 6.20 Å². The smallest absolute Gasteiger partial charge is 0.161 e. The molecule has 6 heteroatoms. The van der Waals surface area contributed by atoms with Crippen LogP contribution < -0.4 is 14.8 Å². The van der Waals surface area contributed by atoms with E-state index in [1.807, 2.05) is 56.8 Å². The van der Waals surface area contributed by atoms with Gasteiger partial charge in [-0.3, -0.25) is 0 Å². The molecule has 0 aliphatic heterocycles. The van der Waals surface area contributed by atoms with Gasteiger partial charge in [0.05, 0.1) is 19.5 Å². The Morgan fingerprint density at radius 1 is 1.00 bits per heavy atom. The molecule has 0 amide bonds. The molecule has 3 aromatic rings. The normalized spacial score (nSPS) is 10.6. The van der Waals surface area contributed by atoms with Crippen molar-refractivity contribution < 1.29 is 9.47 Å². The van der Waals surface area contributed by atoms with E-state index in [2.05, 4.69) is 25.9 Å². The minimum Gasteiger partial charge on any atom is -0.490 e. The summed E-state index contributed by atoms with van der Waals surface area (Å²) in [6.07, 6.45) is 8.49. The molecule has 27 heavy (non-hydrogen) atoms. The van der Waals surface area contributed by atoms with Gasteiger partial charge in [-0.2, -0.15) is 0 Å². The van der Waals surface area contributed by atoms with Crippen LogP contribution in [0.1, 0.15) is 20.3 Å². The third-order valence-electron chi connectivity index (χ3n) is 4.10. The molecule has 142 valence electrons. The van der Waals surface area contributed by atoms with Gasteiger partial charge in [0.2, 0.25) is 0 Å². The molecule has 1 N–H and O–H groups in total. The molecule has 3 rings (SSSR count). The number of aryl methyl sites for hydroxylation is 1. The first-order valence-corrected chi connectivity index (χ1v) is 9.35. The summed E-state index contributed by atoms with van der Waals surface area (Å²) in [6.45, 7) is 6.96. The Balaban J connectivity index is 1.59. The molecular weight excluding hydrogens is 340 g/mol. The van der Waals surface area contributed by atoms with Crippen molar-refractivity contribution in [3.05, 3.63) is 55.2 Å². The summed E-state index contributed by atoms with van der Waals surface area (Å²) >= 11 is 0. The lowest BCUT2D eigenvalue weighted by Crippen LogP contribution is -2.06. The van der Waals surface area contributed by atoms with Gasteiger partial charge in [-0.1, -0.05) is 6.07 Å². The quantitative estimate of drug-likeness (QED) is 0.544. The number of rotatable bonds is 10.